The SMILES string of the molecule is CC(c1nc2c(c(=O)[nH]1)COCC2)N(C)C(=O)CN1CCC(C(=O)c2ccc(F)cc2)CC1. The molecule has 0 bridgehead atoms. The normalized spacial score (nSPS) is 17.9. The summed E-state index contributed by atoms with van der Waals surface area (Å²) in [6.45, 7) is 4.15. The minimum Gasteiger partial charge on any atom is -0.376 e. The largest absolute Gasteiger partial charge is 0.376 e. The molecule has 0 radical (unpaired) electrons. The number of nitrogens with one attached hydrogen (secondary N) is 1. The zero-order valence-corrected chi connectivity index (χ0v) is 19.0. The van der Waals surface area contributed by atoms with E-state index >= 15 is 0 Å². The lowest BCUT2D eigenvalue weighted by molar-refractivity contribution is -0.133. The Kier molecular flexibility index (Phi) is 6.99. The molecule has 0 spiro atoms. The third-order valence-corrected chi connectivity index (χ3v) is 6.67. The lowest BCUT2D eigenvalue weighted by Crippen LogP contribution is -2.44. The summed E-state index contributed by atoms with van der Waals surface area (Å²) in [4.78, 5) is 49.0. The second-order valence-electron chi connectivity index (χ2n) is 8.78. The lowest BCUT2D eigenvalue weighted by Gasteiger charge is -2.33. The molecule has 1 amide bonds. The van der Waals surface area contributed by atoms with E-state index in [9.17, 15) is 18.8 Å². The Bertz CT molecular complexity index is 1080. The second kappa shape index (κ2) is 9.93. The number of ether oxygens (including phenoxy) is 1. The van der Waals surface area contributed by atoms with Crippen LogP contribution in [0.3, 0.4) is 0 Å². The molecule has 9 heteroatoms. The molecule has 8 nitrogen and oxygen atoms in total. The number of H-pyrrole nitrogens is 1. The number of aromatic nitrogens is 2. The summed E-state index contributed by atoms with van der Waals surface area (Å²) >= 11 is 0. The molecule has 176 valence electrons. The van der Waals surface area contributed by atoms with Crippen LogP contribution in [0.1, 0.15) is 53.2 Å². The quantitative estimate of drug-likeness (QED) is 0.669. The summed E-state index contributed by atoms with van der Waals surface area (Å²) in [7, 11) is 1.71. The highest BCUT2D eigenvalue weighted by atomic mass is 19.1. The predicted molar refractivity (Wildman–Crippen MR) is 119 cm³/mol. The second-order valence-corrected chi connectivity index (χ2v) is 8.78. The number of rotatable bonds is 6. The van der Waals surface area contributed by atoms with Crippen LogP contribution in [0.2, 0.25) is 0 Å². The van der Waals surface area contributed by atoms with E-state index in [0.29, 0.717) is 55.9 Å². The van der Waals surface area contributed by atoms with Crippen molar-refractivity contribution in [3.05, 3.63) is 63.1 Å². The van der Waals surface area contributed by atoms with Gasteiger partial charge in [0.25, 0.3) is 5.56 Å². The van der Waals surface area contributed by atoms with Crippen molar-refractivity contribution in [1.82, 2.24) is 19.8 Å². The first kappa shape index (κ1) is 23.3. The topological polar surface area (TPSA) is 95.6 Å². The number of hydrogen-bond donors (Lipinski definition) is 1. The number of ketones is 1. The maximum Gasteiger partial charge on any atom is 0.256 e. The van der Waals surface area contributed by atoms with Gasteiger partial charge in [0.1, 0.15) is 11.6 Å². The zero-order valence-electron chi connectivity index (χ0n) is 19.0. The van der Waals surface area contributed by atoms with Gasteiger partial charge in [-0.1, -0.05) is 0 Å². The van der Waals surface area contributed by atoms with E-state index in [1.54, 1.807) is 11.9 Å². The minimum atomic E-state index is -0.379. The van der Waals surface area contributed by atoms with Crippen LogP contribution >= 0.6 is 0 Å². The van der Waals surface area contributed by atoms with Crippen LogP contribution in [0.4, 0.5) is 4.39 Å². The van der Waals surface area contributed by atoms with Gasteiger partial charge < -0.3 is 14.6 Å². The number of likely N-dealkylation sites (N-methyl/N-ethyl adjacent to an activating group) is 1. The zero-order chi connectivity index (χ0) is 23.5. The predicted octanol–water partition coefficient (Wildman–Crippen LogP) is 2.10. The Morgan fingerprint density at radius 1 is 1.27 bits per heavy atom. The molecule has 2 aromatic rings. The molecule has 1 aromatic carbocycles. The molecule has 0 aliphatic carbocycles. The van der Waals surface area contributed by atoms with Crippen molar-refractivity contribution in [2.45, 2.75) is 38.8 Å². The first-order valence-electron chi connectivity index (χ1n) is 11.3. The maximum atomic E-state index is 13.1. The molecular formula is C24H29FN4O4. The monoisotopic (exact) mass is 456 g/mol. The number of likely N-dealkylation sites (tertiary alicyclic amines) is 1. The summed E-state index contributed by atoms with van der Waals surface area (Å²) in [5.74, 6) is -0.0525. The van der Waals surface area contributed by atoms with Gasteiger partial charge in [-0.3, -0.25) is 19.3 Å². The molecule has 1 unspecified atom stereocenters. The van der Waals surface area contributed by atoms with Crippen molar-refractivity contribution >= 4 is 11.7 Å². The van der Waals surface area contributed by atoms with Gasteiger partial charge in [0.15, 0.2) is 5.78 Å². The van der Waals surface area contributed by atoms with Gasteiger partial charge in [-0.15, -0.1) is 0 Å². The molecule has 1 saturated heterocycles. The molecule has 1 atom stereocenters. The number of hydrogen-bond acceptors (Lipinski definition) is 6. The van der Waals surface area contributed by atoms with Crippen LogP contribution in [-0.4, -0.2) is 64.7 Å². The molecule has 1 fully saturated rings. The van der Waals surface area contributed by atoms with Crippen molar-refractivity contribution in [3.63, 3.8) is 0 Å². The lowest BCUT2D eigenvalue weighted by atomic mass is 9.89. The standard InChI is InChI=1S/C24H29FN4O4/c1-15(23-26-20-9-12-33-14-19(20)24(32)27-23)28(2)21(30)13-29-10-7-17(8-11-29)22(31)16-3-5-18(25)6-4-16/h3-6,15,17H,7-14H2,1-2H3,(H,26,27,32). The summed E-state index contributed by atoms with van der Waals surface area (Å²) in [6.07, 6.45) is 1.90. The van der Waals surface area contributed by atoms with Gasteiger partial charge >= 0.3 is 0 Å². The van der Waals surface area contributed by atoms with Gasteiger partial charge in [-0.05, 0) is 57.1 Å². The first-order chi connectivity index (χ1) is 15.8. The molecule has 3 heterocycles. The number of Topliss-reactive ketones (excluding diaryl/α,β-unsaturated/α-hetero) is 1. The van der Waals surface area contributed by atoms with Crippen molar-refractivity contribution in [2.24, 2.45) is 5.92 Å². The smallest absolute Gasteiger partial charge is 0.256 e. The highest BCUT2D eigenvalue weighted by molar-refractivity contribution is 5.97. The summed E-state index contributed by atoms with van der Waals surface area (Å²) in [6, 6.07) is 5.27. The van der Waals surface area contributed by atoms with E-state index in [0.717, 1.165) is 5.69 Å². The third kappa shape index (κ3) is 5.20. The fourth-order valence-corrected chi connectivity index (χ4v) is 4.37. The van der Waals surface area contributed by atoms with Gasteiger partial charge in [0.05, 0.1) is 37.1 Å². The number of amides is 1. The summed E-state index contributed by atoms with van der Waals surface area (Å²) in [5, 5.41) is 0. The Balaban J connectivity index is 1.32. The molecular weight excluding hydrogens is 427 g/mol. The average molecular weight is 457 g/mol. The maximum absolute atomic E-state index is 13.1. The van der Waals surface area contributed by atoms with Gasteiger partial charge in [0.2, 0.25) is 5.91 Å². The number of aromatic amines is 1. The van der Waals surface area contributed by atoms with E-state index < -0.39 is 0 Å². The number of carbonyl (C=O) groups excluding carboxylic acids is 2. The minimum absolute atomic E-state index is 0.0274. The van der Waals surface area contributed by atoms with E-state index in [2.05, 4.69) is 9.97 Å². The van der Waals surface area contributed by atoms with Crippen molar-refractivity contribution in [3.8, 4) is 0 Å². The Labute approximate surface area is 191 Å². The van der Waals surface area contributed by atoms with Gasteiger partial charge in [-0.25, -0.2) is 9.37 Å². The van der Waals surface area contributed by atoms with Crippen LogP contribution in [0.5, 0.6) is 0 Å². The fourth-order valence-electron chi connectivity index (χ4n) is 4.37. The molecule has 0 saturated carbocycles. The van der Waals surface area contributed by atoms with Crippen LogP contribution in [0.15, 0.2) is 29.1 Å². The molecule has 1 N–H and O–H groups in total. The number of piperidine rings is 1. The number of carbonyl (C=O) groups is 2. The summed E-state index contributed by atoms with van der Waals surface area (Å²) < 4.78 is 18.4. The van der Waals surface area contributed by atoms with Gasteiger partial charge in [-0.2, -0.15) is 0 Å². The van der Waals surface area contributed by atoms with E-state index in [1.807, 2.05) is 11.8 Å². The summed E-state index contributed by atoms with van der Waals surface area (Å²) in [5.41, 5.74) is 1.61. The highest BCUT2D eigenvalue weighted by Gasteiger charge is 2.29. The van der Waals surface area contributed by atoms with Crippen LogP contribution in [0.25, 0.3) is 0 Å². The van der Waals surface area contributed by atoms with Crippen molar-refractivity contribution in [1.29, 1.82) is 0 Å². The van der Waals surface area contributed by atoms with Crippen LogP contribution < -0.4 is 5.56 Å². The van der Waals surface area contributed by atoms with Crippen LogP contribution in [0, 0.1) is 11.7 Å². The molecule has 33 heavy (non-hydrogen) atoms. The first-order valence-corrected chi connectivity index (χ1v) is 11.3. The Morgan fingerprint density at radius 3 is 2.67 bits per heavy atom. The number of nitrogens with zero attached hydrogens (tertiary/aromatic N) is 3. The van der Waals surface area contributed by atoms with Crippen molar-refractivity contribution in [2.75, 3.05) is 33.3 Å². The molecule has 2 aliphatic heterocycles. The van der Waals surface area contributed by atoms with E-state index in [4.69, 9.17) is 4.74 Å². The van der Waals surface area contributed by atoms with Gasteiger partial charge in [0, 0.05) is 24.9 Å². The third-order valence-electron chi connectivity index (χ3n) is 6.67. The number of fused-ring (bicyclic) bond motifs is 1. The van der Waals surface area contributed by atoms with Crippen LogP contribution in [-0.2, 0) is 22.6 Å². The fraction of sp³-hybridized carbons (Fsp3) is 0.500. The molecule has 4 rings (SSSR count). The number of halogens is 1. The van der Waals surface area contributed by atoms with Crippen molar-refractivity contribution < 1.29 is 18.7 Å². The van der Waals surface area contributed by atoms with E-state index in [1.165, 1.54) is 24.3 Å². The number of benzene rings is 1. The van der Waals surface area contributed by atoms with E-state index in [-0.39, 0.29) is 48.2 Å². The molecule has 2 aliphatic rings. The Morgan fingerprint density at radius 2 is 1.97 bits per heavy atom. The highest BCUT2D eigenvalue weighted by Crippen LogP contribution is 2.23. The average Bonchev–Trinajstić information content (AvgIpc) is 2.83. The Hall–Kier alpha value is -2.91. The molecule has 1 aromatic heterocycles.